The average molecular weight is 242 g/mol. The van der Waals surface area contributed by atoms with Crippen molar-refractivity contribution in [2.75, 3.05) is 20.6 Å². The maximum absolute atomic E-state index is 13.2. The molecule has 1 rings (SSSR count). The van der Waals surface area contributed by atoms with Gasteiger partial charge in [-0.25, -0.2) is 8.78 Å². The van der Waals surface area contributed by atoms with Crippen molar-refractivity contribution in [3.63, 3.8) is 0 Å². The summed E-state index contributed by atoms with van der Waals surface area (Å²) in [5, 5.41) is 2.90. The smallest absolute Gasteiger partial charge is 0.223 e. The van der Waals surface area contributed by atoms with Crippen molar-refractivity contribution in [3.8, 4) is 0 Å². The Balaban J connectivity index is 2.36. The van der Waals surface area contributed by atoms with Crippen molar-refractivity contribution < 1.29 is 13.6 Å². The molecule has 0 bridgehead atoms. The molecule has 0 aliphatic carbocycles. The number of halogens is 2. The van der Waals surface area contributed by atoms with Crippen molar-refractivity contribution in [1.82, 2.24) is 10.2 Å². The lowest BCUT2D eigenvalue weighted by Crippen LogP contribution is -2.26. The normalized spacial score (nSPS) is 10.4. The zero-order chi connectivity index (χ0) is 12.8. The summed E-state index contributed by atoms with van der Waals surface area (Å²) < 4.78 is 26.0. The molecule has 0 fully saturated rings. The van der Waals surface area contributed by atoms with Gasteiger partial charge in [0.05, 0.1) is 0 Å². The number of carbonyl (C=O) groups excluding carboxylic acids is 1. The van der Waals surface area contributed by atoms with Crippen LogP contribution in [0.3, 0.4) is 0 Å². The van der Waals surface area contributed by atoms with Crippen LogP contribution in [0.4, 0.5) is 8.78 Å². The molecule has 0 unspecified atom stereocenters. The van der Waals surface area contributed by atoms with Crippen LogP contribution in [0.15, 0.2) is 18.2 Å². The number of rotatable bonds is 5. The van der Waals surface area contributed by atoms with E-state index in [2.05, 4.69) is 5.32 Å². The van der Waals surface area contributed by atoms with Crippen LogP contribution in [0.5, 0.6) is 0 Å². The predicted octanol–water partition coefficient (Wildman–Crippen LogP) is 1.53. The summed E-state index contributed by atoms with van der Waals surface area (Å²) in [5.41, 5.74) is 0.266. The number of hydrogen-bond donors (Lipinski definition) is 1. The minimum atomic E-state index is -0.465. The summed E-state index contributed by atoms with van der Waals surface area (Å²) in [7, 11) is 3.35. The molecule has 17 heavy (non-hydrogen) atoms. The first-order chi connectivity index (χ1) is 8.00. The molecule has 1 aromatic rings. The molecule has 5 heteroatoms. The minimum Gasteiger partial charge on any atom is -0.349 e. The number of nitrogens with one attached hydrogen (secondary N) is 1. The van der Waals surface area contributed by atoms with Gasteiger partial charge in [-0.2, -0.15) is 0 Å². The van der Waals surface area contributed by atoms with Gasteiger partial charge >= 0.3 is 0 Å². The zero-order valence-electron chi connectivity index (χ0n) is 9.96. The minimum absolute atomic E-state index is 0.00258. The van der Waals surface area contributed by atoms with Crippen molar-refractivity contribution in [1.29, 1.82) is 0 Å². The molecule has 0 aliphatic rings. The quantitative estimate of drug-likeness (QED) is 0.794. The maximum Gasteiger partial charge on any atom is 0.223 e. The third-order valence-electron chi connectivity index (χ3n) is 2.34. The first-order valence-electron chi connectivity index (χ1n) is 5.35. The molecule has 0 aromatic heterocycles. The van der Waals surface area contributed by atoms with Gasteiger partial charge in [0, 0.05) is 39.2 Å². The molecule has 1 amide bonds. The largest absolute Gasteiger partial charge is 0.349 e. The topological polar surface area (TPSA) is 32.3 Å². The second-order valence-corrected chi connectivity index (χ2v) is 3.95. The van der Waals surface area contributed by atoms with E-state index >= 15 is 0 Å². The van der Waals surface area contributed by atoms with E-state index in [0.717, 1.165) is 18.2 Å². The Kier molecular flexibility index (Phi) is 5.03. The first-order valence-corrected chi connectivity index (χ1v) is 5.35. The molecule has 3 nitrogen and oxygen atoms in total. The zero-order valence-corrected chi connectivity index (χ0v) is 9.96. The van der Waals surface area contributed by atoms with Crippen LogP contribution in [-0.2, 0) is 11.3 Å². The molecule has 1 N–H and O–H groups in total. The van der Waals surface area contributed by atoms with E-state index < -0.39 is 11.6 Å². The molecule has 0 saturated heterocycles. The lowest BCUT2D eigenvalue weighted by atomic mass is 10.2. The highest BCUT2D eigenvalue weighted by Crippen LogP contribution is 2.08. The van der Waals surface area contributed by atoms with Gasteiger partial charge in [0.1, 0.15) is 11.6 Å². The monoisotopic (exact) mass is 242 g/mol. The Morgan fingerprint density at radius 3 is 2.71 bits per heavy atom. The molecular weight excluding hydrogens is 226 g/mol. The number of amides is 1. The SMILES string of the molecule is CN(C)C(=O)CCNCc1cc(F)ccc1F. The third-order valence-corrected chi connectivity index (χ3v) is 2.34. The van der Waals surface area contributed by atoms with Crippen molar-refractivity contribution in [3.05, 3.63) is 35.4 Å². The van der Waals surface area contributed by atoms with Gasteiger partial charge in [-0.3, -0.25) is 4.79 Å². The van der Waals surface area contributed by atoms with Crippen LogP contribution in [-0.4, -0.2) is 31.4 Å². The second kappa shape index (κ2) is 6.30. The standard InChI is InChI=1S/C12H16F2N2O/c1-16(2)12(17)5-6-15-8-9-7-10(13)3-4-11(9)14/h3-4,7,15H,5-6,8H2,1-2H3. The van der Waals surface area contributed by atoms with Gasteiger partial charge in [0.25, 0.3) is 0 Å². The van der Waals surface area contributed by atoms with Gasteiger partial charge in [-0.1, -0.05) is 0 Å². The molecule has 0 saturated carbocycles. The van der Waals surface area contributed by atoms with E-state index in [1.54, 1.807) is 14.1 Å². The van der Waals surface area contributed by atoms with Gasteiger partial charge in [0.15, 0.2) is 0 Å². The van der Waals surface area contributed by atoms with Gasteiger partial charge in [-0.15, -0.1) is 0 Å². The number of carbonyl (C=O) groups is 1. The maximum atomic E-state index is 13.2. The fourth-order valence-corrected chi connectivity index (χ4v) is 1.32. The molecule has 0 aliphatic heterocycles. The first kappa shape index (κ1) is 13.6. The number of hydrogen-bond acceptors (Lipinski definition) is 2. The lowest BCUT2D eigenvalue weighted by molar-refractivity contribution is -0.128. The molecular formula is C12H16F2N2O. The number of nitrogens with zero attached hydrogens (tertiary/aromatic N) is 1. The Hall–Kier alpha value is -1.49. The summed E-state index contributed by atoms with van der Waals surface area (Å²) in [6.07, 6.45) is 0.337. The Bertz CT molecular complexity index is 394. The predicted molar refractivity (Wildman–Crippen MR) is 61.4 cm³/mol. The van der Waals surface area contributed by atoms with Crippen LogP contribution < -0.4 is 5.32 Å². The van der Waals surface area contributed by atoms with Crippen LogP contribution in [0.25, 0.3) is 0 Å². The molecule has 0 radical (unpaired) electrons. The van der Waals surface area contributed by atoms with E-state index in [9.17, 15) is 13.6 Å². The van der Waals surface area contributed by atoms with Gasteiger partial charge in [0.2, 0.25) is 5.91 Å². The van der Waals surface area contributed by atoms with Crippen LogP contribution in [0, 0.1) is 11.6 Å². The number of benzene rings is 1. The fourth-order valence-electron chi connectivity index (χ4n) is 1.32. The molecule has 0 atom stereocenters. The van der Waals surface area contributed by atoms with Crippen LogP contribution in [0.2, 0.25) is 0 Å². The summed E-state index contributed by atoms with van der Waals surface area (Å²) in [6.45, 7) is 0.650. The lowest BCUT2D eigenvalue weighted by Gasteiger charge is -2.10. The molecule has 0 spiro atoms. The van der Waals surface area contributed by atoms with Crippen molar-refractivity contribution in [2.45, 2.75) is 13.0 Å². The van der Waals surface area contributed by atoms with Gasteiger partial charge < -0.3 is 10.2 Å². The Morgan fingerprint density at radius 2 is 2.06 bits per heavy atom. The highest BCUT2D eigenvalue weighted by molar-refractivity contribution is 5.75. The van der Waals surface area contributed by atoms with E-state index in [0.29, 0.717) is 13.0 Å². The molecule has 94 valence electrons. The van der Waals surface area contributed by atoms with Crippen LogP contribution in [0.1, 0.15) is 12.0 Å². The second-order valence-electron chi connectivity index (χ2n) is 3.95. The Morgan fingerprint density at radius 1 is 1.35 bits per heavy atom. The van der Waals surface area contributed by atoms with E-state index in [1.165, 1.54) is 4.90 Å². The summed E-state index contributed by atoms with van der Waals surface area (Å²) in [6, 6.07) is 3.32. The highest BCUT2D eigenvalue weighted by atomic mass is 19.1. The fraction of sp³-hybridized carbons (Fsp3) is 0.417. The third kappa shape index (κ3) is 4.48. The van der Waals surface area contributed by atoms with Crippen LogP contribution >= 0.6 is 0 Å². The van der Waals surface area contributed by atoms with Crippen molar-refractivity contribution >= 4 is 5.91 Å². The summed E-state index contributed by atoms with van der Waals surface area (Å²) in [4.78, 5) is 12.7. The molecule has 0 heterocycles. The van der Waals surface area contributed by atoms with E-state index in [1.807, 2.05) is 0 Å². The highest BCUT2D eigenvalue weighted by Gasteiger charge is 2.05. The Labute approximate surface area is 99.4 Å². The summed E-state index contributed by atoms with van der Waals surface area (Å²) in [5.74, 6) is -0.914. The van der Waals surface area contributed by atoms with Crippen molar-refractivity contribution in [2.24, 2.45) is 0 Å². The van der Waals surface area contributed by atoms with E-state index in [-0.39, 0.29) is 18.0 Å². The van der Waals surface area contributed by atoms with Gasteiger partial charge in [-0.05, 0) is 18.2 Å². The van der Waals surface area contributed by atoms with E-state index in [4.69, 9.17) is 0 Å². The summed E-state index contributed by atoms with van der Waals surface area (Å²) >= 11 is 0. The average Bonchev–Trinajstić information content (AvgIpc) is 2.28. The molecule has 1 aromatic carbocycles.